The van der Waals surface area contributed by atoms with Crippen LogP contribution in [-0.4, -0.2) is 5.92 Å². The third-order valence-corrected chi connectivity index (χ3v) is 2.53. The minimum atomic E-state index is -4.56. The van der Waals surface area contributed by atoms with Gasteiger partial charge in [0.05, 0.1) is 11.5 Å². The molecule has 0 radical (unpaired) electrons. The molecule has 2 N–H and O–H groups in total. The first-order chi connectivity index (χ1) is 7.20. The number of alkyl halides is 5. The molecule has 0 bridgehead atoms. The summed E-state index contributed by atoms with van der Waals surface area (Å²) in [6, 6.07) is 2.65. The molecule has 0 aromatic heterocycles. The van der Waals surface area contributed by atoms with Crippen molar-refractivity contribution in [2.24, 2.45) is 0 Å². The smallest absolute Gasteiger partial charge is 0.399 e. The Kier molecular flexibility index (Phi) is 3.31. The van der Waals surface area contributed by atoms with Crippen molar-refractivity contribution < 1.29 is 22.0 Å². The highest BCUT2D eigenvalue weighted by Crippen LogP contribution is 2.56. The zero-order valence-corrected chi connectivity index (χ0v) is 9.21. The van der Waals surface area contributed by atoms with Crippen LogP contribution in [0.3, 0.4) is 0 Å². The van der Waals surface area contributed by atoms with Crippen molar-refractivity contribution in [2.75, 3.05) is 5.73 Å². The standard InChI is InChI=1S/C10H8F5N.ClH/c11-9(12)4-8(9)5-1-6(10(13,14)15)3-7(16)2-5;/h1-3,8H,4,16H2;1H. The van der Waals surface area contributed by atoms with Crippen LogP contribution in [0.4, 0.5) is 27.6 Å². The maximum Gasteiger partial charge on any atom is 0.416 e. The first kappa shape index (κ1) is 14.0. The van der Waals surface area contributed by atoms with Gasteiger partial charge in [0.25, 0.3) is 5.92 Å². The molecule has 1 aliphatic carbocycles. The third-order valence-electron chi connectivity index (χ3n) is 2.53. The monoisotopic (exact) mass is 273 g/mol. The predicted molar refractivity (Wildman–Crippen MR) is 55.4 cm³/mol. The molecule has 1 aliphatic rings. The lowest BCUT2D eigenvalue weighted by Gasteiger charge is -2.10. The van der Waals surface area contributed by atoms with E-state index in [1.54, 1.807) is 0 Å². The van der Waals surface area contributed by atoms with Crippen molar-refractivity contribution in [3.63, 3.8) is 0 Å². The number of halogens is 6. The molecule has 0 amide bonds. The molecule has 1 saturated carbocycles. The number of anilines is 1. The molecule has 0 spiro atoms. The normalized spacial score (nSPS) is 21.8. The topological polar surface area (TPSA) is 26.0 Å². The van der Waals surface area contributed by atoms with Crippen LogP contribution in [0.25, 0.3) is 0 Å². The second-order valence-electron chi connectivity index (χ2n) is 3.90. The van der Waals surface area contributed by atoms with Crippen LogP contribution in [0.1, 0.15) is 23.5 Å². The quantitative estimate of drug-likeness (QED) is 0.611. The van der Waals surface area contributed by atoms with E-state index in [9.17, 15) is 22.0 Å². The Morgan fingerprint density at radius 2 is 1.71 bits per heavy atom. The summed E-state index contributed by atoms with van der Waals surface area (Å²) in [7, 11) is 0. The molecule has 1 aromatic carbocycles. The average Bonchev–Trinajstić information content (AvgIpc) is 2.72. The summed E-state index contributed by atoms with van der Waals surface area (Å²) < 4.78 is 62.6. The Balaban J connectivity index is 0.00000144. The van der Waals surface area contributed by atoms with Gasteiger partial charge in [0.15, 0.2) is 0 Å². The fraction of sp³-hybridized carbons (Fsp3) is 0.400. The number of rotatable bonds is 1. The molecule has 0 heterocycles. The lowest BCUT2D eigenvalue weighted by atomic mass is 10.1. The molecule has 1 aromatic rings. The van der Waals surface area contributed by atoms with Crippen LogP contribution in [0.2, 0.25) is 0 Å². The van der Waals surface area contributed by atoms with E-state index >= 15 is 0 Å². The van der Waals surface area contributed by atoms with Gasteiger partial charge in [0, 0.05) is 12.1 Å². The number of nitrogen functional groups attached to an aromatic ring is 1. The van der Waals surface area contributed by atoms with E-state index in [-0.39, 0.29) is 23.7 Å². The van der Waals surface area contributed by atoms with Crippen LogP contribution in [0.15, 0.2) is 18.2 Å². The van der Waals surface area contributed by atoms with Crippen molar-refractivity contribution in [2.45, 2.75) is 24.4 Å². The Labute approximate surface area is 100 Å². The number of hydrogen-bond donors (Lipinski definition) is 1. The number of hydrogen-bond acceptors (Lipinski definition) is 1. The van der Waals surface area contributed by atoms with Gasteiger partial charge in [-0.2, -0.15) is 13.2 Å². The average molecular weight is 274 g/mol. The molecule has 1 fully saturated rings. The summed E-state index contributed by atoms with van der Waals surface area (Å²) in [5.41, 5.74) is 4.09. The minimum absolute atomic E-state index is 0. The van der Waals surface area contributed by atoms with E-state index in [0.717, 1.165) is 12.1 Å². The summed E-state index contributed by atoms with van der Waals surface area (Å²) in [6.45, 7) is 0. The molecule has 0 aliphatic heterocycles. The van der Waals surface area contributed by atoms with Crippen molar-refractivity contribution in [1.82, 2.24) is 0 Å². The molecular weight excluding hydrogens is 265 g/mol. The van der Waals surface area contributed by atoms with Gasteiger partial charge in [0.2, 0.25) is 0 Å². The van der Waals surface area contributed by atoms with Gasteiger partial charge >= 0.3 is 6.18 Å². The van der Waals surface area contributed by atoms with Gasteiger partial charge in [-0.1, -0.05) is 0 Å². The fourth-order valence-corrected chi connectivity index (χ4v) is 1.62. The van der Waals surface area contributed by atoms with Gasteiger partial charge in [-0.25, -0.2) is 8.78 Å². The zero-order valence-electron chi connectivity index (χ0n) is 8.39. The molecular formula is C10H9ClF5N. The fourth-order valence-electron chi connectivity index (χ4n) is 1.62. The van der Waals surface area contributed by atoms with Gasteiger partial charge < -0.3 is 5.73 Å². The number of nitrogens with two attached hydrogens (primary N) is 1. The molecule has 7 heteroatoms. The Bertz CT molecular complexity index is 429. The van der Waals surface area contributed by atoms with Crippen molar-refractivity contribution in [3.05, 3.63) is 29.3 Å². The summed E-state index contributed by atoms with van der Waals surface area (Å²) >= 11 is 0. The molecule has 0 saturated heterocycles. The van der Waals surface area contributed by atoms with Crippen LogP contribution >= 0.6 is 12.4 Å². The third kappa shape index (κ3) is 2.80. The minimum Gasteiger partial charge on any atom is -0.399 e. The van der Waals surface area contributed by atoms with E-state index in [0.29, 0.717) is 0 Å². The highest BCUT2D eigenvalue weighted by molar-refractivity contribution is 5.85. The maximum absolute atomic E-state index is 12.7. The Morgan fingerprint density at radius 3 is 2.12 bits per heavy atom. The van der Waals surface area contributed by atoms with Crippen LogP contribution in [-0.2, 0) is 6.18 Å². The first-order valence-corrected chi connectivity index (χ1v) is 4.55. The second-order valence-corrected chi connectivity index (χ2v) is 3.90. The van der Waals surface area contributed by atoms with E-state index < -0.39 is 30.0 Å². The highest BCUT2D eigenvalue weighted by Gasteiger charge is 2.57. The second kappa shape index (κ2) is 4.01. The van der Waals surface area contributed by atoms with Crippen molar-refractivity contribution >= 4 is 18.1 Å². The number of benzene rings is 1. The summed E-state index contributed by atoms with van der Waals surface area (Å²) in [4.78, 5) is 0. The van der Waals surface area contributed by atoms with Crippen LogP contribution in [0, 0.1) is 0 Å². The summed E-state index contributed by atoms with van der Waals surface area (Å²) in [5, 5.41) is 0. The van der Waals surface area contributed by atoms with E-state index in [2.05, 4.69) is 0 Å². The molecule has 1 unspecified atom stereocenters. The highest BCUT2D eigenvalue weighted by atomic mass is 35.5. The molecule has 1 atom stereocenters. The molecule has 2 rings (SSSR count). The maximum atomic E-state index is 12.7. The van der Waals surface area contributed by atoms with Gasteiger partial charge in [-0.15, -0.1) is 12.4 Å². The van der Waals surface area contributed by atoms with Gasteiger partial charge in [0.1, 0.15) is 0 Å². The van der Waals surface area contributed by atoms with Crippen LogP contribution in [0.5, 0.6) is 0 Å². The first-order valence-electron chi connectivity index (χ1n) is 4.55. The van der Waals surface area contributed by atoms with E-state index in [1.165, 1.54) is 6.07 Å². The summed E-state index contributed by atoms with van der Waals surface area (Å²) in [5.74, 6) is -4.02. The van der Waals surface area contributed by atoms with Crippen LogP contribution < -0.4 is 5.73 Å². The SMILES string of the molecule is Cl.Nc1cc(C2CC2(F)F)cc(C(F)(F)F)c1. The molecule has 96 valence electrons. The predicted octanol–water partition coefficient (Wildman–Crippen LogP) is 3.83. The largest absolute Gasteiger partial charge is 0.416 e. The lowest BCUT2D eigenvalue weighted by Crippen LogP contribution is -2.07. The van der Waals surface area contributed by atoms with Gasteiger partial charge in [-0.3, -0.25) is 0 Å². The lowest BCUT2D eigenvalue weighted by molar-refractivity contribution is -0.137. The molecule has 17 heavy (non-hydrogen) atoms. The van der Waals surface area contributed by atoms with E-state index in [1.807, 2.05) is 0 Å². The Morgan fingerprint density at radius 1 is 1.18 bits per heavy atom. The van der Waals surface area contributed by atoms with E-state index in [4.69, 9.17) is 5.73 Å². The zero-order chi connectivity index (χ0) is 12.1. The molecule has 1 nitrogen and oxygen atoms in total. The van der Waals surface area contributed by atoms with Gasteiger partial charge in [-0.05, 0) is 23.8 Å². The van der Waals surface area contributed by atoms with Crippen molar-refractivity contribution in [3.8, 4) is 0 Å². The van der Waals surface area contributed by atoms with Crippen molar-refractivity contribution in [1.29, 1.82) is 0 Å². The summed E-state index contributed by atoms with van der Waals surface area (Å²) in [6.07, 6.45) is -4.97. The Hall–Kier alpha value is -1.04.